The lowest BCUT2D eigenvalue weighted by molar-refractivity contribution is 0.343. The first kappa shape index (κ1) is 10.5. The Morgan fingerprint density at radius 2 is 2.14 bits per heavy atom. The number of aliphatic hydroxyl groups excluding tert-OH is 1. The van der Waals surface area contributed by atoms with Crippen molar-refractivity contribution in [3.05, 3.63) is 48.6 Å². The van der Waals surface area contributed by atoms with E-state index in [0.717, 1.165) is 11.3 Å². The Balaban J connectivity index is 2.79. The Kier molecular flexibility index (Phi) is 4.51. The summed E-state index contributed by atoms with van der Waals surface area (Å²) in [5.41, 5.74) is 0.961. The van der Waals surface area contributed by atoms with Gasteiger partial charge in [0.15, 0.2) is 0 Å². The van der Waals surface area contributed by atoms with Gasteiger partial charge in [-0.15, -0.1) is 0 Å². The maximum absolute atomic E-state index is 8.65. The summed E-state index contributed by atoms with van der Waals surface area (Å²) in [6, 6.07) is 7.66. The summed E-state index contributed by atoms with van der Waals surface area (Å²) >= 11 is 0. The molecule has 1 aromatic rings. The highest BCUT2D eigenvalue weighted by Crippen LogP contribution is 2.19. The third-order valence-corrected chi connectivity index (χ3v) is 1.68. The van der Waals surface area contributed by atoms with E-state index < -0.39 is 0 Å². The van der Waals surface area contributed by atoms with E-state index in [-0.39, 0.29) is 6.61 Å². The maximum Gasteiger partial charge on any atom is 0.126 e. The lowest BCUT2D eigenvalue weighted by Crippen LogP contribution is -1.94. The van der Waals surface area contributed by atoms with Crippen LogP contribution in [0, 0.1) is 0 Å². The van der Waals surface area contributed by atoms with Crippen LogP contribution in [0.3, 0.4) is 0 Å². The lowest BCUT2D eigenvalue weighted by Gasteiger charge is -2.06. The van der Waals surface area contributed by atoms with Gasteiger partial charge in [-0.2, -0.15) is 0 Å². The Hall–Kier alpha value is -1.54. The Morgan fingerprint density at radius 3 is 2.86 bits per heavy atom. The van der Waals surface area contributed by atoms with Gasteiger partial charge in [0.1, 0.15) is 12.4 Å². The van der Waals surface area contributed by atoms with Crippen LogP contribution >= 0.6 is 0 Å². The van der Waals surface area contributed by atoms with Gasteiger partial charge in [-0.1, -0.05) is 43.0 Å². The number of para-hydroxylation sites is 1. The minimum Gasteiger partial charge on any atom is -0.489 e. The zero-order valence-corrected chi connectivity index (χ0v) is 8.02. The average molecular weight is 190 g/mol. The monoisotopic (exact) mass is 190 g/mol. The summed E-state index contributed by atoms with van der Waals surface area (Å²) in [5.74, 6) is 0.803. The predicted octanol–water partition coefficient (Wildman–Crippen LogP) is 2.26. The largest absolute Gasteiger partial charge is 0.489 e. The molecule has 0 aliphatic carbocycles. The molecule has 2 nitrogen and oxygen atoms in total. The number of hydrogen-bond acceptors (Lipinski definition) is 2. The predicted molar refractivity (Wildman–Crippen MR) is 58.3 cm³/mol. The fourth-order valence-corrected chi connectivity index (χ4v) is 1.08. The van der Waals surface area contributed by atoms with Crippen molar-refractivity contribution >= 4 is 6.08 Å². The molecule has 0 aliphatic rings. The van der Waals surface area contributed by atoms with Crippen molar-refractivity contribution in [2.45, 2.75) is 0 Å². The van der Waals surface area contributed by atoms with Crippen LogP contribution in [0.25, 0.3) is 6.08 Å². The Bertz CT molecular complexity index is 316. The van der Waals surface area contributed by atoms with Crippen molar-refractivity contribution < 1.29 is 9.84 Å². The second-order valence-corrected chi connectivity index (χ2v) is 2.72. The van der Waals surface area contributed by atoms with E-state index in [1.54, 1.807) is 12.2 Å². The van der Waals surface area contributed by atoms with Crippen molar-refractivity contribution in [1.29, 1.82) is 0 Å². The Morgan fingerprint density at radius 1 is 1.36 bits per heavy atom. The van der Waals surface area contributed by atoms with Crippen molar-refractivity contribution in [3.8, 4) is 5.75 Å². The highest BCUT2D eigenvalue weighted by molar-refractivity contribution is 5.57. The van der Waals surface area contributed by atoms with Crippen LogP contribution in [0.15, 0.2) is 43.0 Å². The van der Waals surface area contributed by atoms with Crippen LogP contribution in [0.5, 0.6) is 5.75 Å². The second kappa shape index (κ2) is 6.00. The van der Waals surface area contributed by atoms with Crippen LogP contribution in [-0.2, 0) is 0 Å². The number of rotatable bonds is 5. The van der Waals surface area contributed by atoms with Crippen LogP contribution in [0.4, 0.5) is 0 Å². The van der Waals surface area contributed by atoms with Gasteiger partial charge in [-0.25, -0.2) is 0 Å². The normalized spacial score (nSPS) is 10.4. The summed E-state index contributed by atoms with van der Waals surface area (Å²) in [6.45, 7) is 4.11. The van der Waals surface area contributed by atoms with Crippen LogP contribution in [0.1, 0.15) is 5.56 Å². The number of hydrogen-bond donors (Lipinski definition) is 1. The highest BCUT2D eigenvalue weighted by Gasteiger charge is 1.97. The minimum absolute atomic E-state index is 0.0375. The van der Waals surface area contributed by atoms with Crippen molar-refractivity contribution in [2.75, 3.05) is 13.2 Å². The first-order chi connectivity index (χ1) is 6.88. The van der Waals surface area contributed by atoms with Gasteiger partial charge in [-0.3, -0.25) is 0 Å². The molecule has 1 rings (SSSR count). The second-order valence-electron chi connectivity index (χ2n) is 2.72. The molecule has 1 N–H and O–H groups in total. The summed E-state index contributed by atoms with van der Waals surface area (Å²) in [7, 11) is 0. The van der Waals surface area contributed by atoms with Crippen LogP contribution in [-0.4, -0.2) is 18.3 Å². The minimum atomic E-state index is 0.0375. The third kappa shape index (κ3) is 3.07. The molecule has 0 spiro atoms. The molecular weight excluding hydrogens is 176 g/mol. The van der Waals surface area contributed by atoms with E-state index in [2.05, 4.69) is 6.58 Å². The van der Waals surface area contributed by atoms with Crippen molar-refractivity contribution in [1.82, 2.24) is 0 Å². The molecule has 0 atom stereocenters. The van der Waals surface area contributed by atoms with Gasteiger partial charge < -0.3 is 9.84 Å². The van der Waals surface area contributed by atoms with E-state index in [0.29, 0.717) is 6.61 Å². The first-order valence-corrected chi connectivity index (χ1v) is 4.48. The fraction of sp³-hybridized carbons (Fsp3) is 0.167. The quantitative estimate of drug-likeness (QED) is 0.722. The average Bonchev–Trinajstić information content (AvgIpc) is 2.24. The molecule has 0 saturated carbocycles. The summed E-state index contributed by atoms with van der Waals surface area (Å²) in [6.07, 6.45) is 5.21. The molecule has 74 valence electrons. The van der Waals surface area contributed by atoms with E-state index in [1.807, 2.05) is 30.3 Å². The SMILES string of the molecule is C=CCOc1ccccc1/C=C/CO. The van der Waals surface area contributed by atoms with Gasteiger partial charge >= 0.3 is 0 Å². The van der Waals surface area contributed by atoms with E-state index in [9.17, 15) is 0 Å². The topological polar surface area (TPSA) is 29.5 Å². The summed E-state index contributed by atoms with van der Waals surface area (Å²) in [4.78, 5) is 0. The van der Waals surface area contributed by atoms with Crippen molar-refractivity contribution in [2.24, 2.45) is 0 Å². The molecule has 0 amide bonds. The highest BCUT2D eigenvalue weighted by atomic mass is 16.5. The number of ether oxygens (including phenoxy) is 1. The number of aliphatic hydroxyl groups is 1. The molecule has 2 heteroatoms. The van der Waals surface area contributed by atoms with E-state index in [4.69, 9.17) is 9.84 Å². The van der Waals surface area contributed by atoms with E-state index >= 15 is 0 Å². The summed E-state index contributed by atoms with van der Waals surface area (Å²) in [5, 5.41) is 8.65. The summed E-state index contributed by atoms with van der Waals surface area (Å²) < 4.78 is 5.43. The standard InChI is InChI=1S/C12H14O2/c1-2-10-14-12-8-4-3-6-11(12)7-5-9-13/h2-8,13H,1,9-10H2/b7-5+. The molecule has 1 aromatic carbocycles. The third-order valence-electron chi connectivity index (χ3n) is 1.68. The van der Waals surface area contributed by atoms with Crippen LogP contribution < -0.4 is 4.74 Å². The molecule has 0 bridgehead atoms. The smallest absolute Gasteiger partial charge is 0.126 e. The lowest BCUT2D eigenvalue weighted by atomic mass is 10.2. The molecular formula is C12H14O2. The Labute approximate surface area is 84.1 Å². The molecule has 0 aromatic heterocycles. The van der Waals surface area contributed by atoms with Gasteiger partial charge in [0, 0.05) is 5.56 Å². The van der Waals surface area contributed by atoms with Gasteiger partial charge in [0.2, 0.25) is 0 Å². The molecule has 0 fully saturated rings. The molecule has 0 saturated heterocycles. The van der Waals surface area contributed by atoms with Gasteiger partial charge in [0.25, 0.3) is 0 Å². The van der Waals surface area contributed by atoms with E-state index in [1.165, 1.54) is 0 Å². The van der Waals surface area contributed by atoms with Gasteiger partial charge in [-0.05, 0) is 6.07 Å². The van der Waals surface area contributed by atoms with Crippen molar-refractivity contribution in [3.63, 3.8) is 0 Å². The molecule has 0 heterocycles. The first-order valence-electron chi connectivity index (χ1n) is 4.48. The van der Waals surface area contributed by atoms with Crippen LogP contribution in [0.2, 0.25) is 0 Å². The molecule has 0 unspecified atom stereocenters. The molecule has 0 radical (unpaired) electrons. The number of benzene rings is 1. The zero-order chi connectivity index (χ0) is 10.2. The fourth-order valence-electron chi connectivity index (χ4n) is 1.08. The maximum atomic E-state index is 8.65. The molecule has 0 aliphatic heterocycles. The molecule has 14 heavy (non-hydrogen) atoms. The zero-order valence-electron chi connectivity index (χ0n) is 8.02. The van der Waals surface area contributed by atoms with Gasteiger partial charge in [0.05, 0.1) is 6.61 Å².